The van der Waals surface area contributed by atoms with E-state index in [1.807, 2.05) is 6.66 Å². The van der Waals surface area contributed by atoms with Gasteiger partial charge in [0, 0.05) is 12.8 Å². The molecule has 0 radical (unpaired) electrons. The minimum Gasteiger partial charge on any atom is -0.594 e. The van der Waals surface area contributed by atoms with Crippen LogP contribution < -0.4 is 4.89 Å². The van der Waals surface area contributed by atoms with Crippen LogP contribution in [0, 0.1) is 0 Å². The van der Waals surface area contributed by atoms with Gasteiger partial charge in [-0.25, -0.2) is 0 Å². The molecule has 0 aromatic rings. The van der Waals surface area contributed by atoms with Crippen LogP contribution in [-0.2, 0) is 4.57 Å². The Labute approximate surface area is 58.2 Å². The van der Waals surface area contributed by atoms with Crippen LogP contribution in [0.1, 0.15) is 19.8 Å². The quantitative estimate of drug-likeness (QED) is 0.598. The predicted octanol–water partition coefficient (Wildman–Crippen LogP) is 1.92. The van der Waals surface area contributed by atoms with Gasteiger partial charge in [-0.05, 0) is 6.42 Å². The van der Waals surface area contributed by atoms with Gasteiger partial charge in [0.15, 0.2) is 7.61 Å². The highest BCUT2D eigenvalue weighted by molar-refractivity contribution is 8.21. The standard InChI is InChI=1S/C5H12O2P2/c1-3-4-5-8(2)9(6)7/h3-5H2,1-2H3. The van der Waals surface area contributed by atoms with Gasteiger partial charge in [0.25, 0.3) is 0 Å². The second kappa shape index (κ2) is 5.29. The Morgan fingerprint density at radius 1 is 1.67 bits per heavy atom. The maximum Gasteiger partial charge on any atom is 0.325 e. The van der Waals surface area contributed by atoms with Gasteiger partial charge in [-0.3, -0.25) is 0 Å². The van der Waals surface area contributed by atoms with Crippen LogP contribution >= 0.6 is 15.3 Å². The van der Waals surface area contributed by atoms with Crippen LogP contribution in [0.5, 0.6) is 0 Å². The van der Waals surface area contributed by atoms with Crippen molar-refractivity contribution in [2.75, 3.05) is 12.8 Å². The summed E-state index contributed by atoms with van der Waals surface area (Å²) in [5.74, 6) is 0. The first-order chi connectivity index (χ1) is 4.18. The molecule has 0 saturated carbocycles. The lowest BCUT2D eigenvalue weighted by molar-refractivity contribution is -0.158. The molecule has 0 spiro atoms. The SMILES string of the molecule is CCCCP(C)[P+](=O)[O-]. The summed E-state index contributed by atoms with van der Waals surface area (Å²) in [6.45, 7) is 3.89. The summed E-state index contributed by atoms with van der Waals surface area (Å²) in [6.07, 6.45) is 3.02. The molecule has 0 rings (SSSR count). The molecule has 2 nitrogen and oxygen atoms in total. The summed E-state index contributed by atoms with van der Waals surface area (Å²) < 4.78 is 10.3. The molecule has 0 amide bonds. The first-order valence-electron chi connectivity index (χ1n) is 3.04. The summed E-state index contributed by atoms with van der Waals surface area (Å²) in [6, 6.07) is 0. The average molecular weight is 166 g/mol. The Balaban J connectivity index is 3.27. The van der Waals surface area contributed by atoms with E-state index in [-0.39, 0.29) is 0 Å². The van der Waals surface area contributed by atoms with Gasteiger partial charge in [0.1, 0.15) is 0 Å². The van der Waals surface area contributed by atoms with E-state index in [1.165, 1.54) is 0 Å². The van der Waals surface area contributed by atoms with Gasteiger partial charge in [0.05, 0.1) is 0 Å². The summed E-state index contributed by atoms with van der Waals surface area (Å²) in [4.78, 5) is 10.3. The van der Waals surface area contributed by atoms with E-state index in [0.29, 0.717) is 0 Å². The molecular weight excluding hydrogens is 154 g/mol. The van der Waals surface area contributed by atoms with Crippen LogP contribution in [0.3, 0.4) is 0 Å². The van der Waals surface area contributed by atoms with Crippen LogP contribution in [-0.4, -0.2) is 12.8 Å². The normalized spacial score (nSPS) is 15.2. The lowest BCUT2D eigenvalue weighted by Gasteiger charge is -1.97. The highest BCUT2D eigenvalue weighted by atomic mass is 32.1. The monoisotopic (exact) mass is 166 g/mol. The van der Waals surface area contributed by atoms with E-state index in [2.05, 4.69) is 6.92 Å². The first-order valence-corrected chi connectivity index (χ1v) is 6.89. The van der Waals surface area contributed by atoms with Crippen molar-refractivity contribution in [2.24, 2.45) is 0 Å². The molecule has 0 fully saturated rings. The molecule has 2 unspecified atom stereocenters. The first kappa shape index (κ1) is 9.49. The minimum atomic E-state index is -2.11. The Morgan fingerprint density at radius 3 is 2.56 bits per heavy atom. The largest absolute Gasteiger partial charge is 0.594 e. The molecule has 0 aromatic carbocycles. The van der Waals surface area contributed by atoms with E-state index >= 15 is 0 Å². The molecule has 0 N–H and O–H groups in total. The van der Waals surface area contributed by atoms with E-state index in [0.717, 1.165) is 19.0 Å². The fourth-order valence-corrected chi connectivity index (χ4v) is 2.32. The van der Waals surface area contributed by atoms with E-state index < -0.39 is 15.3 Å². The molecule has 0 aromatic heterocycles. The summed E-state index contributed by atoms with van der Waals surface area (Å²) >= 11 is 0. The fourth-order valence-electron chi connectivity index (χ4n) is 0.469. The summed E-state index contributed by atoms with van der Waals surface area (Å²) in [5, 5.41) is 0. The van der Waals surface area contributed by atoms with Gasteiger partial charge in [-0.1, -0.05) is 17.9 Å². The molecule has 4 heteroatoms. The predicted molar refractivity (Wildman–Crippen MR) is 40.2 cm³/mol. The molecule has 9 heavy (non-hydrogen) atoms. The molecule has 0 aliphatic carbocycles. The maximum absolute atomic E-state index is 10.3. The Bertz CT molecular complexity index is 95.0. The third-order valence-corrected chi connectivity index (χ3v) is 4.91. The molecule has 0 saturated heterocycles. The highest BCUT2D eigenvalue weighted by Crippen LogP contribution is 2.52. The molecular formula is C5H12O2P2. The van der Waals surface area contributed by atoms with Crippen molar-refractivity contribution < 1.29 is 9.46 Å². The lowest BCUT2D eigenvalue weighted by atomic mass is 10.4. The van der Waals surface area contributed by atoms with Gasteiger partial charge in [0.2, 0.25) is 0 Å². The second-order valence-electron chi connectivity index (χ2n) is 1.97. The van der Waals surface area contributed by atoms with Crippen LogP contribution in [0.2, 0.25) is 0 Å². The third-order valence-electron chi connectivity index (χ3n) is 1.11. The smallest absolute Gasteiger partial charge is 0.325 e. The Hall–Kier alpha value is 0.490. The second-order valence-corrected chi connectivity index (χ2v) is 7.24. The van der Waals surface area contributed by atoms with E-state index in [4.69, 9.17) is 0 Å². The Morgan fingerprint density at radius 2 is 2.22 bits per heavy atom. The molecule has 54 valence electrons. The molecule has 2 atom stereocenters. The molecule has 0 bridgehead atoms. The minimum absolute atomic E-state index is 0.692. The van der Waals surface area contributed by atoms with E-state index in [1.54, 1.807) is 0 Å². The van der Waals surface area contributed by atoms with Gasteiger partial charge in [-0.15, -0.1) is 0 Å². The third kappa shape index (κ3) is 4.96. The zero-order chi connectivity index (χ0) is 7.28. The van der Waals surface area contributed by atoms with Crippen molar-refractivity contribution in [3.05, 3.63) is 0 Å². The zero-order valence-corrected chi connectivity index (χ0v) is 7.62. The van der Waals surface area contributed by atoms with Crippen LogP contribution in [0.25, 0.3) is 0 Å². The zero-order valence-electron chi connectivity index (χ0n) is 5.83. The number of hydrogen-bond donors (Lipinski definition) is 0. The molecule has 0 aliphatic heterocycles. The number of unbranched alkanes of at least 4 members (excludes halogenated alkanes) is 1. The summed E-state index contributed by atoms with van der Waals surface area (Å²) in [7, 11) is -2.80. The van der Waals surface area contributed by atoms with Gasteiger partial charge >= 0.3 is 7.72 Å². The summed E-state index contributed by atoms with van der Waals surface area (Å²) in [5.41, 5.74) is 0. The van der Waals surface area contributed by atoms with Crippen molar-refractivity contribution in [1.82, 2.24) is 0 Å². The van der Waals surface area contributed by atoms with Crippen molar-refractivity contribution in [3.63, 3.8) is 0 Å². The highest BCUT2D eigenvalue weighted by Gasteiger charge is 2.13. The average Bonchev–Trinajstić information content (AvgIpc) is 1.82. The van der Waals surface area contributed by atoms with Crippen molar-refractivity contribution >= 4 is 15.3 Å². The van der Waals surface area contributed by atoms with Crippen molar-refractivity contribution in [3.8, 4) is 0 Å². The molecule has 0 aliphatic rings. The van der Waals surface area contributed by atoms with Crippen molar-refractivity contribution in [2.45, 2.75) is 19.8 Å². The Kier molecular flexibility index (Phi) is 5.58. The number of rotatable bonds is 4. The van der Waals surface area contributed by atoms with E-state index in [9.17, 15) is 9.46 Å². The topological polar surface area (TPSA) is 40.1 Å². The van der Waals surface area contributed by atoms with Gasteiger partial charge < -0.3 is 4.89 Å². The lowest BCUT2D eigenvalue weighted by Crippen LogP contribution is -1.86. The molecule has 0 heterocycles. The maximum atomic E-state index is 10.3. The number of hydrogen-bond acceptors (Lipinski definition) is 2. The van der Waals surface area contributed by atoms with Gasteiger partial charge in [-0.2, -0.15) is 0 Å². The van der Waals surface area contributed by atoms with Crippen molar-refractivity contribution in [1.29, 1.82) is 0 Å². The van der Waals surface area contributed by atoms with Crippen LogP contribution in [0.15, 0.2) is 0 Å². The fraction of sp³-hybridized carbons (Fsp3) is 1.00. The van der Waals surface area contributed by atoms with Crippen LogP contribution in [0.4, 0.5) is 0 Å².